The average molecular weight is 381 g/mol. The molecule has 6 heteroatoms. The van der Waals surface area contributed by atoms with Crippen molar-refractivity contribution in [1.82, 2.24) is 19.6 Å². The molecule has 2 aliphatic rings. The van der Waals surface area contributed by atoms with E-state index in [1.54, 1.807) is 11.3 Å². The highest BCUT2D eigenvalue weighted by Crippen LogP contribution is 2.44. The summed E-state index contributed by atoms with van der Waals surface area (Å²) in [6.07, 6.45) is 8.12. The third-order valence-corrected chi connectivity index (χ3v) is 6.80. The van der Waals surface area contributed by atoms with E-state index < -0.39 is 0 Å². The van der Waals surface area contributed by atoms with Crippen molar-refractivity contribution >= 4 is 22.2 Å². The zero-order valence-electron chi connectivity index (χ0n) is 15.3. The van der Waals surface area contributed by atoms with E-state index in [1.165, 1.54) is 12.0 Å². The summed E-state index contributed by atoms with van der Waals surface area (Å²) in [6, 6.07) is 11.4. The lowest BCUT2D eigenvalue weighted by molar-refractivity contribution is -0.125. The molecular formula is C21H24N4OS. The third kappa shape index (κ3) is 3.17. The van der Waals surface area contributed by atoms with Gasteiger partial charge in [0.2, 0.25) is 5.91 Å². The van der Waals surface area contributed by atoms with Gasteiger partial charge in [0.15, 0.2) is 4.96 Å². The predicted molar refractivity (Wildman–Crippen MR) is 107 cm³/mol. The molecule has 3 aromatic rings. The van der Waals surface area contributed by atoms with Gasteiger partial charge in [-0.15, -0.1) is 11.3 Å². The Hall–Kier alpha value is -2.18. The molecule has 0 aliphatic carbocycles. The van der Waals surface area contributed by atoms with Gasteiger partial charge in [-0.3, -0.25) is 14.1 Å². The lowest BCUT2D eigenvalue weighted by Crippen LogP contribution is -2.38. The molecule has 1 amide bonds. The monoisotopic (exact) mass is 380 g/mol. The van der Waals surface area contributed by atoms with Gasteiger partial charge >= 0.3 is 0 Å². The second kappa shape index (κ2) is 7.09. The van der Waals surface area contributed by atoms with Crippen LogP contribution in [0.25, 0.3) is 4.96 Å². The van der Waals surface area contributed by atoms with Gasteiger partial charge in [-0.2, -0.15) is 0 Å². The van der Waals surface area contributed by atoms with Crippen molar-refractivity contribution in [2.75, 3.05) is 13.1 Å². The minimum absolute atomic E-state index is 0.100. The normalized spacial score (nSPS) is 25.1. The van der Waals surface area contributed by atoms with E-state index in [0.29, 0.717) is 18.6 Å². The number of hydrogen-bond donors (Lipinski definition) is 1. The van der Waals surface area contributed by atoms with E-state index in [4.69, 9.17) is 0 Å². The molecule has 140 valence electrons. The Labute approximate surface area is 163 Å². The molecule has 5 rings (SSSR count). The molecule has 27 heavy (non-hydrogen) atoms. The highest BCUT2D eigenvalue weighted by molar-refractivity contribution is 7.15. The molecule has 0 saturated carbocycles. The summed E-state index contributed by atoms with van der Waals surface area (Å²) in [5.41, 5.74) is 2.39. The standard InChI is InChI=1S/C21H24N4OS/c26-20(22-9-8-16-14-24-11-12-27-21(24)23-16)17-13-19(15-5-2-1-3-6-15)25-10-4-7-18(17)25/h1-3,5-6,11-12,14,17-19H,4,7-10,13H2,(H,22,26)/t17-,18+,19-/m0/s1. The zero-order chi connectivity index (χ0) is 18.2. The fourth-order valence-electron chi connectivity index (χ4n) is 4.79. The Morgan fingerprint density at radius 1 is 1.30 bits per heavy atom. The molecule has 0 bridgehead atoms. The summed E-state index contributed by atoms with van der Waals surface area (Å²) >= 11 is 1.64. The van der Waals surface area contributed by atoms with Crippen LogP contribution in [0, 0.1) is 5.92 Å². The zero-order valence-corrected chi connectivity index (χ0v) is 16.1. The fourth-order valence-corrected chi connectivity index (χ4v) is 5.51. The third-order valence-electron chi connectivity index (χ3n) is 6.03. The summed E-state index contributed by atoms with van der Waals surface area (Å²) in [6.45, 7) is 1.77. The predicted octanol–water partition coefficient (Wildman–Crippen LogP) is 3.28. The van der Waals surface area contributed by atoms with E-state index in [-0.39, 0.29) is 11.8 Å². The molecule has 3 atom stereocenters. The Morgan fingerprint density at radius 2 is 2.19 bits per heavy atom. The van der Waals surface area contributed by atoms with Crippen molar-refractivity contribution in [3.8, 4) is 0 Å². The van der Waals surface area contributed by atoms with Gasteiger partial charge in [0.1, 0.15) is 0 Å². The molecule has 1 aromatic carbocycles. The van der Waals surface area contributed by atoms with Gasteiger partial charge in [0, 0.05) is 42.8 Å². The van der Waals surface area contributed by atoms with Crippen LogP contribution in [0.3, 0.4) is 0 Å². The van der Waals surface area contributed by atoms with Crippen molar-refractivity contribution in [2.24, 2.45) is 5.92 Å². The van der Waals surface area contributed by atoms with Crippen LogP contribution in [0.5, 0.6) is 0 Å². The number of hydrogen-bond acceptors (Lipinski definition) is 4. The summed E-state index contributed by atoms with van der Waals surface area (Å²) in [7, 11) is 0. The molecular weight excluding hydrogens is 356 g/mol. The quantitative estimate of drug-likeness (QED) is 0.739. The first-order valence-corrected chi connectivity index (χ1v) is 10.7. The van der Waals surface area contributed by atoms with E-state index in [2.05, 4.69) is 51.7 Å². The number of imidazole rings is 1. The molecule has 2 aliphatic heterocycles. The lowest BCUT2D eigenvalue weighted by Gasteiger charge is -2.24. The number of carbonyl (C=O) groups excluding carboxylic acids is 1. The maximum atomic E-state index is 12.9. The number of nitrogens with one attached hydrogen (secondary N) is 1. The smallest absolute Gasteiger partial charge is 0.224 e. The number of benzene rings is 1. The summed E-state index contributed by atoms with van der Waals surface area (Å²) in [5.74, 6) is 0.314. The number of rotatable bonds is 5. The van der Waals surface area contributed by atoms with Gasteiger partial charge in [0.25, 0.3) is 0 Å². The number of nitrogens with zero attached hydrogens (tertiary/aromatic N) is 3. The number of aromatic nitrogens is 2. The van der Waals surface area contributed by atoms with E-state index >= 15 is 0 Å². The van der Waals surface area contributed by atoms with Crippen LogP contribution in [-0.4, -0.2) is 39.3 Å². The van der Waals surface area contributed by atoms with Crippen LogP contribution in [0.1, 0.15) is 36.6 Å². The minimum Gasteiger partial charge on any atom is -0.355 e. The Bertz CT molecular complexity index is 905. The first-order valence-electron chi connectivity index (χ1n) is 9.79. The minimum atomic E-state index is 0.100. The molecule has 2 aromatic heterocycles. The van der Waals surface area contributed by atoms with Crippen LogP contribution < -0.4 is 5.32 Å². The second-order valence-electron chi connectivity index (χ2n) is 7.58. The molecule has 4 heterocycles. The summed E-state index contributed by atoms with van der Waals surface area (Å²) in [4.78, 5) is 21.1. The van der Waals surface area contributed by atoms with Crippen molar-refractivity contribution in [2.45, 2.75) is 37.8 Å². The summed E-state index contributed by atoms with van der Waals surface area (Å²) in [5, 5.41) is 5.22. The van der Waals surface area contributed by atoms with Gasteiger partial charge in [-0.25, -0.2) is 4.98 Å². The second-order valence-corrected chi connectivity index (χ2v) is 8.46. The van der Waals surface area contributed by atoms with Crippen LogP contribution in [0.15, 0.2) is 48.1 Å². The molecule has 2 fully saturated rings. The average Bonchev–Trinajstić information content (AvgIpc) is 3.42. The molecule has 0 radical (unpaired) electrons. The number of amides is 1. The van der Waals surface area contributed by atoms with Gasteiger partial charge in [-0.05, 0) is 31.4 Å². The maximum absolute atomic E-state index is 12.9. The van der Waals surface area contributed by atoms with Gasteiger partial charge in [0.05, 0.1) is 11.6 Å². The SMILES string of the molecule is O=C(NCCc1cn2ccsc2n1)[C@H]1C[C@@H](c2ccccc2)N2CCC[C@H]12. The van der Waals surface area contributed by atoms with Crippen molar-refractivity contribution in [3.05, 3.63) is 59.4 Å². The molecule has 0 spiro atoms. The number of fused-ring (bicyclic) bond motifs is 2. The maximum Gasteiger partial charge on any atom is 0.224 e. The fraction of sp³-hybridized carbons (Fsp3) is 0.429. The van der Waals surface area contributed by atoms with Crippen molar-refractivity contribution < 1.29 is 4.79 Å². The summed E-state index contributed by atoms with van der Waals surface area (Å²) < 4.78 is 2.04. The van der Waals surface area contributed by atoms with Crippen LogP contribution in [0.2, 0.25) is 0 Å². The molecule has 5 nitrogen and oxygen atoms in total. The number of carbonyl (C=O) groups is 1. The van der Waals surface area contributed by atoms with E-state index in [0.717, 1.165) is 36.5 Å². The molecule has 1 N–H and O–H groups in total. The highest BCUT2D eigenvalue weighted by Gasteiger charge is 2.46. The molecule has 2 saturated heterocycles. The molecule has 0 unspecified atom stereocenters. The van der Waals surface area contributed by atoms with Crippen molar-refractivity contribution in [1.29, 1.82) is 0 Å². The van der Waals surface area contributed by atoms with Gasteiger partial charge < -0.3 is 5.32 Å². The van der Waals surface area contributed by atoms with Crippen LogP contribution in [-0.2, 0) is 11.2 Å². The lowest BCUT2D eigenvalue weighted by atomic mass is 9.93. The Balaban J connectivity index is 1.22. The first kappa shape index (κ1) is 17.0. The Morgan fingerprint density at radius 3 is 3.04 bits per heavy atom. The largest absolute Gasteiger partial charge is 0.355 e. The number of thiazole rings is 1. The topological polar surface area (TPSA) is 49.6 Å². The van der Waals surface area contributed by atoms with E-state index in [9.17, 15) is 4.79 Å². The van der Waals surface area contributed by atoms with E-state index in [1.807, 2.05) is 16.0 Å². The van der Waals surface area contributed by atoms with Crippen LogP contribution in [0.4, 0.5) is 0 Å². The van der Waals surface area contributed by atoms with Crippen molar-refractivity contribution in [3.63, 3.8) is 0 Å². The van der Waals surface area contributed by atoms with Crippen LogP contribution >= 0.6 is 11.3 Å². The highest BCUT2D eigenvalue weighted by atomic mass is 32.1. The van der Waals surface area contributed by atoms with Gasteiger partial charge in [-0.1, -0.05) is 30.3 Å². The first-order chi connectivity index (χ1) is 13.3. The Kier molecular flexibility index (Phi) is 4.45.